The number of rotatable bonds is 1. The van der Waals surface area contributed by atoms with Crippen LogP contribution in [0.15, 0.2) is 12.7 Å². The minimum Gasteiger partial charge on any atom is -0.246 e. The molecular weight excluding hydrogens is 124 g/mol. The van der Waals surface area contributed by atoms with E-state index in [1.54, 1.807) is 0 Å². The minimum absolute atomic E-state index is 0.699. The van der Waals surface area contributed by atoms with E-state index in [9.17, 15) is 9.59 Å². The van der Waals surface area contributed by atoms with Crippen molar-refractivity contribution in [3.05, 3.63) is 12.7 Å². The van der Waals surface area contributed by atoms with Crippen LogP contribution in [-0.4, -0.2) is 11.9 Å². The van der Waals surface area contributed by atoms with Crippen molar-refractivity contribution in [1.29, 1.82) is 0 Å². The highest BCUT2D eigenvalue weighted by Crippen LogP contribution is 2.11. The fourth-order valence-corrected chi connectivity index (χ4v) is 0.474. The van der Waals surface area contributed by atoms with Crippen molar-refractivity contribution < 1.29 is 19.4 Å². The van der Waals surface area contributed by atoms with Gasteiger partial charge in [-0.05, 0) is 0 Å². The molecule has 0 radical (unpaired) electrons. The molecular formula is C5H4O4. The third-order valence-electron chi connectivity index (χ3n) is 0.950. The number of hydrogen-bond donors (Lipinski definition) is 0. The molecule has 0 spiro atoms. The zero-order valence-electron chi connectivity index (χ0n) is 4.49. The molecule has 0 aromatic heterocycles. The predicted molar refractivity (Wildman–Crippen MR) is 25.9 cm³/mol. The van der Waals surface area contributed by atoms with Crippen LogP contribution in [0.2, 0.25) is 0 Å². The van der Waals surface area contributed by atoms with Crippen molar-refractivity contribution in [2.24, 2.45) is 5.92 Å². The Morgan fingerprint density at radius 1 is 1.33 bits per heavy atom. The molecule has 0 amide bonds. The van der Waals surface area contributed by atoms with Crippen LogP contribution in [0.4, 0.5) is 0 Å². The zero-order valence-corrected chi connectivity index (χ0v) is 4.49. The molecule has 1 fully saturated rings. The molecule has 9 heavy (non-hydrogen) atoms. The van der Waals surface area contributed by atoms with Gasteiger partial charge in [-0.2, -0.15) is 0 Å². The number of carbonyl (C=O) groups excluding carboxylic acids is 2. The summed E-state index contributed by atoms with van der Waals surface area (Å²) < 4.78 is 0. The van der Waals surface area contributed by atoms with Crippen molar-refractivity contribution in [3.8, 4) is 0 Å². The largest absolute Gasteiger partial charge is 0.373 e. The van der Waals surface area contributed by atoms with Crippen LogP contribution in [0.5, 0.6) is 0 Å². The van der Waals surface area contributed by atoms with Crippen molar-refractivity contribution in [2.75, 3.05) is 0 Å². The molecule has 0 aromatic rings. The molecule has 4 nitrogen and oxygen atoms in total. The van der Waals surface area contributed by atoms with Crippen LogP contribution in [0, 0.1) is 5.92 Å². The summed E-state index contributed by atoms with van der Waals surface area (Å²) in [5.41, 5.74) is 0. The second-order valence-corrected chi connectivity index (χ2v) is 1.52. The van der Waals surface area contributed by atoms with Gasteiger partial charge in [-0.1, -0.05) is 6.08 Å². The first-order chi connectivity index (χ1) is 4.25. The maximum Gasteiger partial charge on any atom is 0.373 e. The Labute approximate surface area is 51.0 Å². The maximum absolute atomic E-state index is 10.4. The van der Waals surface area contributed by atoms with Gasteiger partial charge >= 0.3 is 11.9 Å². The summed E-state index contributed by atoms with van der Waals surface area (Å²) in [6.45, 7) is 3.24. The van der Waals surface area contributed by atoms with E-state index in [1.165, 1.54) is 6.08 Å². The second kappa shape index (κ2) is 1.89. The summed E-state index contributed by atoms with van der Waals surface area (Å²) in [5, 5.41) is 0. The summed E-state index contributed by atoms with van der Waals surface area (Å²) >= 11 is 0. The average molecular weight is 128 g/mol. The Morgan fingerprint density at radius 2 is 1.78 bits per heavy atom. The van der Waals surface area contributed by atoms with E-state index in [2.05, 4.69) is 16.4 Å². The molecule has 1 aliphatic heterocycles. The normalized spacial score (nSPS) is 19.1. The van der Waals surface area contributed by atoms with Crippen molar-refractivity contribution in [3.63, 3.8) is 0 Å². The first-order valence-electron chi connectivity index (χ1n) is 2.30. The molecule has 0 atom stereocenters. The monoisotopic (exact) mass is 128 g/mol. The summed E-state index contributed by atoms with van der Waals surface area (Å²) in [7, 11) is 0. The Hall–Kier alpha value is -1.32. The van der Waals surface area contributed by atoms with Gasteiger partial charge in [0.05, 0.1) is 0 Å². The van der Waals surface area contributed by atoms with Crippen molar-refractivity contribution in [1.82, 2.24) is 0 Å². The van der Waals surface area contributed by atoms with Gasteiger partial charge in [0.2, 0.25) is 0 Å². The Bertz CT molecular complexity index is 156. The molecule has 0 saturated carbocycles. The summed E-state index contributed by atoms with van der Waals surface area (Å²) in [5.74, 6) is -2.32. The third kappa shape index (κ3) is 0.782. The first-order valence-corrected chi connectivity index (χ1v) is 2.30. The highest BCUT2D eigenvalue weighted by atomic mass is 17.2. The average Bonchev–Trinajstić information content (AvgIpc) is 2.12. The van der Waals surface area contributed by atoms with E-state index < -0.39 is 17.9 Å². The van der Waals surface area contributed by atoms with E-state index in [4.69, 9.17) is 0 Å². The molecule has 0 N–H and O–H groups in total. The van der Waals surface area contributed by atoms with Gasteiger partial charge in [-0.3, -0.25) is 0 Å². The molecule has 4 heteroatoms. The SMILES string of the molecule is C=CC1C(=O)OOC1=O. The van der Waals surface area contributed by atoms with Gasteiger partial charge in [0.15, 0.2) is 5.92 Å². The van der Waals surface area contributed by atoms with Crippen LogP contribution in [0.3, 0.4) is 0 Å². The molecule has 0 bridgehead atoms. The zero-order chi connectivity index (χ0) is 6.85. The lowest BCUT2D eigenvalue weighted by Crippen LogP contribution is -2.10. The van der Waals surface area contributed by atoms with Crippen molar-refractivity contribution >= 4 is 11.9 Å². The Morgan fingerprint density at radius 3 is 2.00 bits per heavy atom. The highest BCUT2D eigenvalue weighted by Gasteiger charge is 2.36. The first kappa shape index (κ1) is 5.81. The summed E-state index contributed by atoms with van der Waals surface area (Å²) in [6.07, 6.45) is 1.18. The smallest absolute Gasteiger partial charge is 0.246 e. The van der Waals surface area contributed by atoms with Gasteiger partial charge in [0.1, 0.15) is 0 Å². The van der Waals surface area contributed by atoms with E-state index in [0.717, 1.165) is 0 Å². The van der Waals surface area contributed by atoms with Gasteiger partial charge in [-0.15, -0.1) is 6.58 Å². The Kier molecular flexibility index (Phi) is 1.22. The molecule has 0 aromatic carbocycles. The third-order valence-corrected chi connectivity index (χ3v) is 0.950. The van der Waals surface area contributed by atoms with Gasteiger partial charge < -0.3 is 0 Å². The standard InChI is InChI=1S/C5H4O4/c1-2-3-4(6)8-9-5(3)7/h2-3H,1H2. The molecule has 0 unspecified atom stereocenters. The van der Waals surface area contributed by atoms with Gasteiger partial charge in [0, 0.05) is 0 Å². The summed E-state index contributed by atoms with van der Waals surface area (Å²) in [4.78, 5) is 28.6. The van der Waals surface area contributed by atoms with E-state index in [1.807, 2.05) is 0 Å². The number of hydrogen-bond acceptors (Lipinski definition) is 4. The fourth-order valence-electron chi connectivity index (χ4n) is 0.474. The number of carbonyl (C=O) groups is 2. The lowest BCUT2D eigenvalue weighted by atomic mass is 10.2. The lowest BCUT2D eigenvalue weighted by molar-refractivity contribution is -0.235. The van der Waals surface area contributed by atoms with E-state index in [-0.39, 0.29) is 0 Å². The van der Waals surface area contributed by atoms with Crippen LogP contribution in [0.25, 0.3) is 0 Å². The Balaban J connectivity index is 2.77. The molecule has 1 heterocycles. The van der Waals surface area contributed by atoms with Gasteiger partial charge in [0.25, 0.3) is 0 Å². The van der Waals surface area contributed by atoms with E-state index in [0.29, 0.717) is 0 Å². The van der Waals surface area contributed by atoms with Crippen LogP contribution in [0.1, 0.15) is 0 Å². The van der Waals surface area contributed by atoms with Gasteiger partial charge in [-0.25, -0.2) is 19.4 Å². The predicted octanol–water partition coefficient (Wildman–Crippen LogP) is -0.196. The quantitative estimate of drug-likeness (QED) is 0.279. The fraction of sp³-hybridized carbons (Fsp3) is 0.200. The maximum atomic E-state index is 10.4. The summed E-state index contributed by atoms with van der Waals surface area (Å²) in [6, 6.07) is 0. The van der Waals surface area contributed by atoms with Crippen molar-refractivity contribution in [2.45, 2.75) is 0 Å². The molecule has 48 valence electrons. The molecule has 1 saturated heterocycles. The second-order valence-electron chi connectivity index (χ2n) is 1.52. The minimum atomic E-state index is -0.926. The molecule has 0 aliphatic carbocycles. The molecule has 1 aliphatic rings. The van der Waals surface area contributed by atoms with Crippen LogP contribution in [-0.2, 0) is 19.4 Å². The highest BCUT2D eigenvalue weighted by molar-refractivity contribution is 5.99. The topological polar surface area (TPSA) is 52.6 Å². The lowest BCUT2D eigenvalue weighted by Gasteiger charge is -1.83. The van der Waals surface area contributed by atoms with Crippen LogP contribution < -0.4 is 0 Å². The van der Waals surface area contributed by atoms with Crippen LogP contribution >= 0.6 is 0 Å². The molecule has 1 rings (SSSR count). The van der Waals surface area contributed by atoms with E-state index >= 15 is 0 Å².